The maximum atomic E-state index is 6.06. The highest BCUT2D eigenvalue weighted by Gasteiger charge is 2.27. The van der Waals surface area contributed by atoms with E-state index in [9.17, 15) is 0 Å². The Kier molecular flexibility index (Phi) is 9.61. The van der Waals surface area contributed by atoms with Gasteiger partial charge in [-0.2, -0.15) is 0 Å². The second-order valence-corrected chi connectivity index (χ2v) is 8.38. The van der Waals surface area contributed by atoms with Crippen LogP contribution >= 0.6 is 0 Å². The molecule has 25 heavy (non-hydrogen) atoms. The summed E-state index contributed by atoms with van der Waals surface area (Å²) in [6.07, 6.45) is 27.3. The van der Waals surface area contributed by atoms with Gasteiger partial charge in [0.25, 0.3) is 0 Å². The largest absolute Gasteiger partial charge is 0.381 e. The van der Waals surface area contributed by atoms with Gasteiger partial charge in [-0.3, -0.25) is 0 Å². The predicted octanol–water partition coefficient (Wildman–Crippen LogP) is 7.25. The van der Waals surface area contributed by atoms with Crippen LogP contribution in [0.5, 0.6) is 0 Å². The average Bonchev–Trinajstić information content (AvgIpc) is 2.66. The normalized spacial score (nSPS) is 29.0. The number of rotatable bonds is 12. The van der Waals surface area contributed by atoms with Gasteiger partial charge in [-0.25, -0.2) is 0 Å². The van der Waals surface area contributed by atoms with E-state index < -0.39 is 0 Å². The summed E-state index contributed by atoms with van der Waals surface area (Å²) in [5.74, 6) is 1.77. The van der Waals surface area contributed by atoms with Crippen LogP contribution < -0.4 is 0 Å². The monoisotopic (exact) mass is 344 g/mol. The molecule has 1 fully saturated rings. The first-order valence-corrected chi connectivity index (χ1v) is 10.8. The minimum atomic E-state index is 0.265. The van der Waals surface area contributed by atoms with Gasteiger partial charge in [0.2, 0.25) is 0 Å². The lowest BCUT2D eigenvalue weighted by Gasteiger charge is -2.32. The first-order chi connectivity index (χ1) is 12.3. The molecule has 2 rings (SSSR count). The van der Waals surface area contributed by atoms with Gasteiger partial charge in [0.15, 0.2) is 0 Å². The third-order valence-electron chi connectivity index (χ3n) is 6.26. The maximum absolute atomic E-state index is 6.06. The molecule has 0 aliphatic heterocycles. The van der Waals surface area contributed by atoms with Crippen LogP contribution in [0, 0.1) is 17.3 Å². The van der Waals surface area contributed by atoms with Crippen molar-refractivity contribution < 1.29 is 4.74 Å². The topological polar surface area (TPSA) is 9.23 Å². The van der Waals surface area contributed by atoms with Gasteiger partial charge in [0, 0.05) is 12.0 Å². The number of unbranched alkanes of at least 4 members (excludes halogenated alkanes) is 3. The van der Waals surface area contributed by atoms with Gasteiger partial charge in [-0.1, -0.05) is 69.4 Å². The minimum absolute atomic E-state index is 0.265. The van der Waals surface area contributed by atoms with E-state index >= 15 is 0 Å². The van der Waals surface area contributed by atoms with Crippen LogP contribution in [0.15, 0.2) is 37.0 Å². The summed E-state index contributed by atoms with van der Waals surface area (Å²) in [7, 11) is 0. The molecule has 0 amide bonds. The average molecular weight is 345 g/mol. The second kappa shape index (κ2) is 11.7. The van der Waals surface area contributed by atoms with E-state index in [0.29, 0.717) is 0 Å². The summed E-state index contributed by atoms with van der Waals surface area (Å²) in [4.78, 5) is 0. The molecule has 1 unspecified atom stereocenters. The van der Waals surface area contributed by atoms with Crippen LogP contribution in [0.25, 0.3) is 0 Å². The maximum Gasteiger partial charge on any atom is 0.0560 e. The molecule has 1 atom stereocenters. The molecule has 142 valence electrons. The molecule has 1 nitrogen and oxygen atoms in total. The van der Waals surface area contributed by atoms with Crippen molar-refractivity contribution in [3.63, 3.8) is 0 Å². The van der Waals surface area contributed by atoms with Gasteiger partial charge >= 0.3 is 0 Å². The quantitative estimate of drug-likeness (QED) is 0.267. The van der Waals surface area contributed by atoms with Crippen molar-refractivity contribution in [1.29, 1.82) is 0 Å². The van der Waals surface area contributed by atoms with Gasteiger partial charge < -0.3 is 4.74 Å². The molecule has 1 saturated carbocycles. The predicted molar refractivity (Wildman–Crippen MR) is 110 cm³/mol. The van der Waals surface area contributed by atoms with Crippen LogP contribution in [-0.2, 0) is 4.74 Å². The third-order valence-corrected chi connectivity index (χ3v) is 6.26. The van der Waals surface area contributed by atoms with Crippen molar-refractivity contribution in [2.45, 2.75) is 84.0 Å². The second-order valence-electron chi connectivity index (χ2n) is 8.38. The van der Waals surface area contributed by atoms with Crippen LogP contribution in [0.4, 0.5) is 0 Å². The van der Waals surface area contributed by atoms with Crippen molar-refractivity contribution in [2.24, 2.45) is 17.3 Å². The fourth-order valence-electron chi connectivity index (χ4n) is 4.43. The summed E-state index contributed by atoms with van der Waals surface area (Å²) in [5, 5.41) is 0. The molecule has 2 aliphatic rings. The van der Waals surface area contributed by atoms with Crippen LogP contribution in [0.1, 0.15) is 84.0 Å². The molecule has 0 N–H and O–H groups in total. The number of ether oxygens (including phenoxy) is 1. The zero-order chi connectivity index (χ0) is 17.8. The van der Waals surface area contributed by atoms with Gasteiger partial charge in [-0.15, -0.1) is 6.58 Å². The highest BCUT2D eigenvalue weighted by atomic mass is 16.5. The summed E-state index contributed by atoms with van der Waals surface area (Å²) in [5.41, 5.74) is 0.265. The molecule has 0 bridgehead atoms. The summed E-state index contributed by atoms with van der Waals surface area (Å²) in [6.45, 7) is 8.05. The lowest BCUT2D eigenvalue weighted by molar-refractivity contribution is 0.0600. The van der Waals surface area contributed by atoms with Crippen molar-refractivity contribution in [3.8, 4) is 0 Å². The minimum Gasteiger partial charge on any atom is -0.381 e. The Morgan fingerprint density at radius 3 is 2.60 bits per heavy atom. The molecule has 0 saturated heterocycles. The van der Waals surface area contributed by atoms with Crippen molar-refractivity contribution >= 4 is 0 Å². The van der Waals surface area contributed by atoms with Crippen molar-refractivity contribution in [1.82, 2.24) is 0 Å². The SMILES string of the molecule is C=CC1CCC(CCCCC2(COCCCCC)C=CC=CC2)CC1. The highest BCUT2D eigenvalue weighted by molar-refractivity contribution is 5.16. The van der Waals surface area contributed by atoms with E-state index in [1.807, 2.05) is 0 Å². The van der Waals surface area contributed by atoms with Gasteiger partial charge in [0.1, 0.15) is 0 Å². The standard InChI is InChI=1S/C24H40O/c1-3-5-11-20-25-21-24(17-8-6-9-18-24)19-10-7-12-23-15-13-22(4-2)14-16-23/h4,6,8-9,17,22-23H,2-3,5,7,10-16,18-21H2,1H3. The van der Waals surface area contributed by atoms with E-state index in [2.05, 4.69) is 43.9 Å². The molecule has 2 aliphatic carbocycles. The fraction of sp³-hybridized carbons (Fsp3) is 0.750. The Balaban J connectivity index is 1.65. The van der Waals surface area contributed by atoms with Crippen LogP contribution in [-0.4, -0.2) is 13.2 Å². The van der Waals surface area contributed by atoms with E-state index in [4.69, 9.17) is 4.74 Å². The number of hydrogen-bond donors (Lipinski definition) is 0. The Morgan fingerprint density at radius 2 is 1.92 bits per heavy atom. The molecular formula is C24H40O. The lowest BCUT2D eigenvalue weighted by Crippen LogP contribution is -2.26. The zero-order valence-electron chi connectivity index (χ0n) is 16.6. The van der Waals surface area contributed by atoms with Crippen LogP contribution in [0.3, 0.4) is 0 Å². The summed E-state index contributed by atoms with van der Waals surface area (Å²) in [6, 6.07) is 0. The first kappa shape index (κ1) is 20.5. The Hall–Kier alpha value is -0.820. The smallest absolute Gasteiger partial charge is 0.0560 e. The summed E-state index contributed by atoms with van der Waals surface area (Å²) < 4.78 is 6.06. The number of hydrogen-bond acceptors (Lipinski definition) is 1. The molecule has 0 aromatic heterocycles. The van der Waals surface area contributed by atoms with E-state index in [1.54, 1.807) is 0 Å². The third kappa shape index (κ3) is 7.52. The van der Waals surface area contributed by atoms with Crippen LogP contribution in [0.2, 0.25) is 0 Å². The molecule has 0 heterocycles. The molecule has 1 heteroatoms. The van der Waals surface area contributed by atoms with Crippen molar-refractivity contribution in [3.05, 3.63) is 37.0 Å². The Morgan fingerprint density at radius 1 is 1.08 bits per heavy atom. The summed E-state index contributed by atoms with van der Waals surface area (Å²) >= 11 is 0. The zero-order valence-corrected chi connectivity index (χ0v) is 16.6. The molecule has 0 aromatic rings. The fourth-order valence-corrected chi connectivity index (χ4v) is 4.43. The van der Waals surface area contributed by atoms with E-state index in [1.165, 1.54) is 70.6 Å². The van der Waals surface area contributed by atoms with E-state index in [-0.39, 0.29) is 5.41 Å². The van der Waals surface area contributed by atoms with E-state index in [0.717, 1.165) is 31.5 Å². The number of allylic oxidation sites excluding steroid dienone is 4. The Labute approximate surface area is 156 Å². The molecule has 0 radical (unpaired) electrons. The van der Waals surface area contributed by atoms with Gasteiger partial charge in [0.05, 0.1) is 6.61 Å². The van der Waals surface area contributed by atoms with Gasteiger partial charge in [-0.05, 0) is 56.8 Å². The molecule has 0 aromatic carbocycles. The molecule has 0 spiro atoms. The highest BCUT2D eigenvalue weighted by Crippen LogP contribution is 2.36. The lowest BCUT2D eigenvalue weighted by atomic mass is 9.76. The Bertz CT molecular complexity index is 414. The van der Waals surface area contributed by atoms with Crippen molar-refractivity contribution in [2.75, 3.05) is 13.2 Å². The molecular weight excluding hydrogens is 304 g/mol. The first-order valence-electron chi connectivity index (χ1n) is 10.8.